The summed E-state index contributed by atoms with van der Waals surface area (Å²) in [6.45, 7) is 3.08. The van der Waals surface area contributed by atoms with Crippen LogP contribution in [0.25, 0.3) is 10.8 Å². The lowest BCUT2D eigenvalue weighted by atomic mass is 9.67. The molecule has 0 spiro atoms. The van der Waals surface area contributed by atoms with Crippen molar-refractivity contribution in [2.45, 2.75) is 75.8 Å². The topological polar surface area (TPSA) is 194 Å². The lowest BCUT2D eigenvalue weighted by Gasteiger charge is -2.54. The van der Waals surface area contributed by atoms with Crippen LogP contribution < -0.4 is 4.74 Å². The first-order chi connectivity index (χ1) is 19.9. The van der Waals surface area contributed by atoms with E-state index >= 15 is 0 Å². The van der Waals surface area contributed by atoms with Crippen LogP contribution in [-0.2, 0) is 11.2 Å². The molecule has 1 heterocycles. The number of carbonyl (C=O) groups is 2. The van der Waals surface area contributed by atoms with E-state index in [0.717, 1.165) is 17.7 Å². The fraction of sp³-hybridized carbons (Fsp3) is 0.419. The molecule has 7 N–H and O–H groups in total. The number of aliphatic hydroxyl groups is 4. The van der Waals surface area contributed by atoms with Gasteiger partial charge in [-0.25, -0.2) is 4.79 Å². The van der Waals surface area contributed by atoms with Crippen molar-refractivity contribution in [2.75, 3.05) is 0 Å². The van der Waals surface area contributed by atoms with Crippen molar-refractivity contribution < 1.29 is 54.8 Å². The summed E-state index contributed by atoms with van der Waals surface area (Å²) in [6, 6.07) is 11.4. The summed E-state index contributed by atoms with van der Waals surface area (Å²) in [5.41, 5.74) is -1.58. The number of carboxylic acids is 1. The standard InChI is InChI=1S/C31H34O11/c1-14-8-10-20(33)28-31(14,40)27(37)26(36)30(42-28)41-21-13-17(29(38)39)12-18-23(21)25(35)22(15(2)24(18)34)19(32)11-9-16-6-4-3-5-7-16/h3-7,12-14,20,26-28,30,33-37,40H,8-11H2,1-2H3,(H,38,39)/t14-,20-,26-,27-,28-,30-,31+/m1/s1. The number of carbonyl (C=O) groups excluding carboxylic acids is 1. The lowest BCUT2D eigenvalue weighted by molar-refractivity contribution is -0.343. The number of carboxylic acid groups (broad SMARTS) is 1. The number of fused-ring (bicyclic) bond motifs is 2. The fourth-order valence-corrected chi connectivity index (χ4v) is 6.18. The number of phenols is 2. The van der Waals surface area contributed by atoms with E-state index in [1.807, 2.05) is 30.3 Å². The first-order valence-electron chi connectivity index (χ1n) is 13.8. The summed E-state index contributed by atoms with van der Waals surface area (Å²) in [5.74, 6) is -3.80. The molecule has 3 aromatic rings. The van der Waals surface area contributed by atoms with Crippen LogP contribution in [0.2, 0.25) is 0 Å². The number of hydrogen-bond acceptors (Lipinski definition) is 10. The molecule has 0 unspecified atom stereocenters. The van der Waals surface area contributed by atoms with E-state index in [4.69, 9.17) is 9.47 Å². The lowest BCUT2D eigenvalue weighted by Crippen LogP contribution is -2.73. The molecular weight excluding hydrogens is 548 g/mol. The SMILES string of the molecule is Cc1c(C(=O)CCc2ccccc2)c(O)c2c(O[C@@H]3O[C@@H]4[C@H](O)CC[C@@H](C)[C@]4(O)[C@H](O)[C@H]3O)cc(C(=O)O)cc2c1O. The van der Waals surface area contributed by atoms with Crippen LogP contribution in [0.3, 0.4) is 0 Å². The molecule has 3 aromatic carbocycles. The van der Waals surface area contributed by atoms with Gasteiger partial charge < -0.3 is 45.2 Å². The highest BCUT2D eigenvalue weighted by Gasteiger charge is 2.61. The first-order valence-corrected chi connectivity index (χ1v) is 13.8. The molecule has 1 aliphatic heterocycles. The summed E-state index contributed by atoms with van der Waals surface area (Å²) in [4.78, 5) is 25.3. The molecule has 5 rings (SSSR count). The Morgan fingerprint density at radius 1 is 1.05 bits per heavy atom. The van der Waals surface area contributed by atoms with Crippen molar-refractivity contribution in [1.29, 1.82) is 0 Å². The molecule has 11 nitrogen and oxygen atoms in total. The van der Waals surface area contributed by atoms with Gasteiger partial charge in [-0.2, -0.15) is 0 Å². The average Bonchev–Trinajstić information content (AvgIpc) is 2.97. The summed E-state index contributed by atoms with van der Waals surface area (Å²) in [7, 11) is 0. The third kappa shape index (κ3) is 4.87. The van der Waals surface area contributed by atoms with Crippen molar-refractivity contribution >= 4 is 22.5 Å². The highest BCUT2D eigenvalue weighted by molar-refractivity contribution is 6.11. The molecule has 2 fully saturated rings. The number of aromatic hydroxyl groups is 2. The van der Waals surface area contributed by atoms with Gasteiger partial charge in [0.2, 0.25) is 6.29 Å². The molecule has 0 bridgehead atoms. The van der Waals surface area contributed by atoms with Crippen molar-refractivity contribution in [2.24, 2.45) is 5.92 Å². The zero-order chi connectivity index (χ0) is 30.5. The Hall–Kier alpha value is -3.74. The summed E-state index contributed by atoms with van der Waals surface area (Å²) >= 11 is 0. The van der Waals surface area contributed by atoms with Crippen LogP contribution in [0, 0.1) is 12.8 Å². The largest absolute Gasteiger partial charge is 0.507 e. The highest BCUT2D eigenvalue weighted by Crippen LogP contribution is 2.47. The predicted octanol–water partition coefficient (Wildman–Crippen LogP) is 2.42. The Bertz CT molecular complexity index is 1520. The molecule has 11 heteroatoms. The summed E-state index contributed by atoms with van der Waals surface area (Å²) in [6.07, 6.45) is -6.94. The number of ether oxygens (including phenoxy) is 2. The van der Waals surface area contributed by atoms with Gasteiger partial charge in [-0.1, -0.05) is 37.3 Å². The van der Waals surface area contributed by atoms with E-state index < -0.39 is 65.5 Å². The van der Waals surface area contributed by atoms with Crippen LogP contribution in [0.1, 0.15) is 58.0 Å². The van der Waals surface area contributed by atoms with Crippen LogP contribution in [0.5, 0.6) is 17.2 Å². The van der Waals surface area contributed by atoms with Gasteiger partial charge in [0.1, 0.15) is 41.2 Å². The highest BCUT2D eigenvalue weighted by atomic mass is 16.7. The minimum absolute atomic E-state index is 0.000260. The number of hydrogen-bond donors (Lipinski definition) is 7. The van der Waals surface area contributed by atoms with E-state index in [-0.39, 0.29) is 46.1 Å². The number of rotatable bonds is 7. The average molecular weight is 583 g/mol. The Morgan fingerprint density at radius 2 is 1.74 bits per heavy atom. The molecule has 0 aromatic heterocycles. The number of Topliss-reactive ketones (excluding diaryl/α,β-unsaturated/α-hetero) is 1. The Balaban J connectivity index is 1.58. The van der Waals surface area contributed by atoms with Gasteiger partial charge in [0.05, 0.1) is 22.6 Å². The van der Waals surface area contributed by atoms with E-state index in [2.05, 4.69) is 0 Å². The van der Waals surface area contributed by atoms with E-state index in [1.54, 1.807) is 6.92 Å². The molecule has 1 saturated heterocycles. The van der Waals surface area contributed by atoms with Crippen LogP contribution in [-0.4, -0.2) is 83.8 Å². The second-order valence-electron chi connectivity index (χ2n) is 11.2. The van der Waals surface area contributed by atoms with Gasteiger partial charge in [0.25, 0.3) is 0 Å². The summed E-state index contributed by atoms with van der Waals surface area (Å²) < 4.78 is 11.6. The maximum Gasteiger partial charge on any atom is 0.335 e. The smallest absolute Gasteiger partial charge is 0.335 e. The zero-order valence-corrected chi connectivity index (χ0v) is 23.1. The van der Waals surface area contributed by atoms with Gasteiger partial charge >= 0.3 is 5.97 Å². The number of ketones is 1. The van der Waals surface area contributed by atoms with E-state index in [0.29, 0.717) is 12.8 Å². The quantitative estimate of drug-likeness (QED) is 0.160. The summed E-state index contributed by atoms with van der Waals surface area (Å²) in [5, 5.41) is 75.5. The third-order valence-corrected chi connectivity index (χ3v) is 8.66. The molecule has 0 amide bonds. The fourth-order valence-electron chi connectivity index (χ4n) is 6.18. The van der Waals surface area contributed by atoms with Crippen LogP contribution in [0.15, 0.2) is 42.5 Å². The number of aromatic carboxylic acids is 1. The minimum Gasteiger partial charge on any atom is -0.507 e. The number of benzene rings is 3. The predicted molar refractivity (Wildman–Crippen MR) is 149 cm³/mol. The number of aliphatic hydroxyl groups excluding tert-OH is 3. The third-order valence-electron chi connectivity index (χ3n) is 8.66. The van der Waals surface area contributed by atoms with Crippen LogP contribution in [0.4, 0.5) is 0 Å². The van der Waals surface area contributed by atoms with Gasteiger partial charge in [0, 0.05) is 17.4 Å². The molecule has 224 valence electrons. The number of phenolic OH excluding ortho intramolecular Hbond substituents is 2. The molecular formula is C31H34O11. The second kappa shape index (κ2) is 11.2. The van der Waals surface area contributed by atoms with E-state index in [1.165, 1.54) is 6.92 Å². The molecule has 42 heavy (non-hydrogen) atoms. The Labute approximate surface area is 241 Å². The normalized spacial score (nSPS) is 29.2. The maximum absolute atomic E-state index is 13.3. The van der Waals surface area contributed by atoms with Gasteiger partial charge in [-0.05, 0) is 49.8 Å². The van der Waals surface area contributed by atoms with Crippen molar-refractivity contribution in [3.8, 4) is 17.2 Å². The van der Waals surface area contributed by atoms with Crippen LogP contribution >= 0.6 is 0 Å². The van der Waals surface area contributed by atoms with E-state index in [9.17, 15) is 45.3 Å². The van der Waals surface area contributed by atoms with Crippen molar-refractivity contribution in [1.82, 2.24) is 0 Å². The van der Waals surface area contributed by atoms with Gasteiger partial charge in [-0.15, -0.1) is 0 Å². The van der Waals surface area contributed by atoms with Crippen molar-refractivity contribution in [3.63, 3.8) is 0 Å². The molecule has 7 atom stereocenters. The first kappa shape index (κ1) is 29.7. The Kier molecular flexibility index (Phi) is 7.90. The minimum atomic E-state index is -1.99. The Morgan fingerprint density at radius 3 is 2.40 bits per heavy atom. The number of aryl methyl sites for hydroxylation is 1. The van der Waals surface area contributed by atoms with Gasteiger partial charge in [-0.3, -0.25) is 4.79 Å². The monoisotopic (exact) mass is 582 g/mol. The zero-order valence-electron chi connectivity index (χ0n) is 23.1. The molecule has 0 radical (unpaired) electrons. The van der Waals surface area contributed by atoms with Crippen molar-refractivity contribution in [3.05, 3.63) is 64.7 Å². The second-order valence-corrected chi connectivity index (χ2v) is 11.2. The molecule has 2 aliphatic rings. The molecule has 1 saturated carbocycles. The maximum atomic E-state index is 13.3. The van der Waals surface area contributed by atoms with Gasteiger partial charge in [0.15, 0.2) is 5.78 Å². The molecule has 1 aliphatic carbocycles.